The Morgan fingerprint density at radius 2 is 0.893 bits per heavy atom. The minimum atomic E-state index is -1.47. The number of fused-ring (bicyclic) bond motifs is 2. The molecule has 1 fully saturated rings. The van der Waals surface area contributed by atoms with Crippen molar-refractivity contribution in [2.24, 2.45) is 0 Å². The summed E-state index contributed by atoms with van der Waals surface area (Å²) in [4.78, 5) is 0. The van der Waals surface area contributed by atoms with Crippen molar-refractivity contribution in [3.63, 3.8) is 0 Å². The van der Waals surface area contributed by atoms with Crippen molar-refractivity contribution >= 4 is 16.1 Å². The van der Waals surface area contributed by atoms with Gasteiger partial charge < -0.3 is 0 Å². The van der Waals surface area contributed by atoms with E-state index in [1.807, 2.05) is 10.4 Å². The molecule has 1 heterocycles. The van der Waals surface area contributed by atoms with Crippen LogP contribution in [-0.4, -0.2) is 16.1 Å². The minimum Gasteiger partial charge on any atom is -0.0801 e. The van der Waals surface area contributed by atoms with Gasteiger partial charge in [-0.15, -0.1) is 0 Å². The molecule has 2 aliphatic carbocycles. The van der Waals surface area contributed by atoms with E-state index in [2.05, 4.69) is 64.2 Å². The second-order valence-electron chi connectivity index (χ2n) is 9.70. The molecular formula is C26H44Si2. The number of allylic oxidation sites excluding steroid dienone is 8. The van der Waals surface area contributed by atoms with E-state index in [0.29, 0.717) is 0 Å². The maximum absolute atomic E-state index is 2.70. The molecule has 2 heteroatoms. The lowest BCUT2D eigenvalue weighted by molar-refractivity contribution is 0.790. The fourth-order valence-corrected chi connectivity index (χ4v) is 22.2. The Kier molecular flexibility index (Phi) is 7.84. The fourth-order valence-electron chi connectivity index (χ4n) is 6.65. The number of rotatable bonds is 12. The zero-order chi connectivity index (χ0) is 20.0. The maximum atomic E-state index is 2.70. The van der Waals surface area contributed by atoms with Crippen LogP contribution >= 0.6 is 0 Å². The first-order chi connectivity index (χ1) is 13.7. The van der Waals surface area contributed by atoms with Crippen LogP contribution in [0.15, 0.2) is 46.8 Å². The van der Waals surface area contributed by atoms with E-state index in [-0.39, 0.29) is 0 Å². The van der Waals surface area contributed by atoms with Crippen molar-refractivity contribution in [2.45, 2.75) is 114 Å². The Labute approximate surface area is 177 Å². The quantitative estimate of drug-likeness (QED) is 0.281. The third-order valence-electron chi connectivity index (χ3n) is 8.08. The van der Waals surface area contributed by atoms with Crippen LogP contribution in [0.1, 0.15) is 79.1 Å². The lowest BCUT2D eigenvalue weighted by atomic mass is 10.4. The second-order valence-corrected chi connectivity index (χ2v) is 18.7. The molecule has 2 atom stereocenters. The maximum Gasteiger partial charge on any atom is 0.0923 e. The van der Waals surface area contributed by atoms with Gasteiger partial charge in [0.2, 0.25) is 0 Å². The molecular weight excluding hydrogens is 368 g/mol. The van der Waals surface area contributed by atoms with Gasteiger partial charge in [-0.1, -0.05) is 150 Å². The highest BCUT2D eigenvalue weighted by Crippen LogP contribution is 2.63. The van der Waals surface area contributed by atoms with Gasteiger partial charge in [-0.3, -0.25) is 0 Å². The van der Waals surface area contributed by atoms with E-state index in [1.54, 1.807) is 0 Å². The third kappa shape index (κ3) is 3.76. The molecule has 28 heavy (non-hydrogen) atoms. The van der Waals surface area contributed by atoms with Crippen LogP contribution in [0.3, 0.4) is 0 Å². The van der Waals surface area contributed by atoms with Gasteiger partial charge in [-0.25, -0.2) is 0 Å². The second kappa shape index (κ2) is 9.93. The van der Waals surface area contributed by atoms with Gasteiger partial charge in [0, 0.05) is 0 Å². The molecule has 2 unspecified atom stereocenters. The van der Waals surface area contributed by atoms with Gasteiger partial charge in [0.15, 0.2) is 0 Å². The molecule has 0 bridgehead atoms. The zero-order valence-electron chi connectivity index (χ0n) is 19.1. The van der Waals surface area contributed by atoms with Crippen molar-refractivity contribution in [3.05, 3.63) is 46.8 Å². The molecule has 0 amide bonds. The van der Waals surface area contributed by atoms with Gasteiger partial charge in [-0.2, -0.15) is 0 Å². The van der Waals surface area contributed by atoms with Crippen LogP contribution in [0.5, 0.6) is 0 Å². The Bertz CT molecular complexity index is 565. The van der Waals surface area contributed by atoms with Crippen molar-refractivity contribution in [3.8, 4) is 0 Å². The summed E-state index contributed by atoms with van der Waals surface area (Å²) in [6.07, 6.45) is 26.9. The van der Waals surface area contributed by atoms with E-state index >= 15 is 0 Å². The predicted octanol–water partition coefficient (Wildman–Crippen LogP) is 8.91. The lowest BCUT2D eigenvalue weighted by Gasteiger charge is -2.55. The van der Waals surface area contributed by atoms with E-state index in [0.717, 1.165) is 11.1 Å². The highest BCUT2D eigenvalue weighted by atomic mass is 28.3. The van der Waals surface area contributed by atoms with E-state index in [4.69, 9.17) is 0 Å². The Hall–Kier alpha value is -0.606. The number of hydrogen-bond acceptors (Lipinski definition) is 0. The monoisotopic (exact) mass is 412 g/mol. The average molecular weight is 413 g/mol. The first-order valence-electron chi connectivity index (χ1n) is 12.5. The molecule has 0 aromatic carbocycles. The summed E-state index contributed by atoms with van der Waals surface area (Å²) >= 11 is 0. The average Bonchev–Trinajstić information content (AvgIpc) is 3.40. The third-order valence-corrected chi connectivity index (χ3v) is 20.3. The predicted molar refractivity (Wildman–Crippen MR) is 132 cm³/mol. The summed E-state index contributed by atoms with van der Waals surface area (Å²) in [5, 5.41) is 4.03. The molecule has 0 radical (unpaired) electrons. The topological polar surface area (TPSA) is 0 Å². The van der Waals surface area contributed by atoms with Crippen LogP contribution in [0.4, 0.5) is 0 Å². The molecule has 0 spiro atoms. The molecule has 3 aliphatic rings. The SMILES string of the molecule is CCCC[Si]1(CCCC)C2=CC=CC2[Si](CCCC)(CCCC)C2=CC=CC21. The molecule has 0 nitrogen and oxygen atoms in total. The molecule has 3 rings (SSSR count). The first kappa shape index (κ1) is 22.1. The van der Waals surface area contributed by atoms with E-state index in [9.17, 15) is 0 Å². The highest BCUT2D eigenvalue weighted by molar-refractivity contribution is 7.01. The van der Waals surface area contributed by atoms with Gasteiger partial charge >= 0.3 is 0 Å². The molecule has 1 aliphatic heterocycles. The molecule has 0 aromatic heterocycles. The van der Waals surface area contributed by atoms with Crippen LogP contribution < -0.4 is 0 Å². The largest absolute Gasteiger partial charge is 0.0923 e. The normalized spacial score (nSPS) is 26.1. The van der Waals surface area contributed by atoms with Crippen LogP contribution in [0.25, 0.3) is 0 Å². The van der Waals surface area contributed by atoms with Gasteiger partial charge in [0.05, 0.1) is 16.1 Å². The van der Waals surface area contributed by atoms with Gasteiger partial charge in [0.25, 0.3) is 0 Å². The summed E-state index contributed by atoms with van der Waals surface area (Å²) in [7, 11) is -2.95. The van der Waals surface area contributed by atoms with Crippen LogP contribution in [0.2, 0.25) is 35.3 Å². The summed E-state index contributed by atoms with van der Waals surface area (Å²) in [5.41, 5.74) is 1.71. The molecule has 0 N–H and O–H groups in total. The number of hydrogen-bond donors (Lipinski definition) is 0. The first-order valence-corrected chi connectivity index (χ1v) is 17.5. The summed E-state index contributed by atoms with van der Waals surface area (Å²) in [5.74, 6) is 0. The molecule has 0 aromatic rings. The fraction of sp³-hybridized carbons (Fsp3) is 0.692. The van der Waals surface area contributed by atoms with Crippen molar-refractivity contribution < 1.29 is 0 Å². The Balaban J connectivity index is 2.07. The van der Waals surface area contributed by atoms with Crippen molar-refractivity contribution in [1.82, 2.24) is 0 Å². The Morgan fingerprint density at radius 1 is 0.571 bits per heavy atom. The highest BCUT2D eigenvalue weighted by Gasteiger charge is 2.60. The van der Waals surface area contributed by atoms with E-state index < -0.39 is 16.1 Å². The molecule has 156 valence electrons. The summed E-state index contributed by atoms with van der Waals surface area (Å²) in [6.45, 7) is 9.58. The smallest absolute Gasteiger partial charge is 0.0801 e. The van der Waals surface area contributed by atoms with Crippen LogP contribution in [0, 0.1) is 0 Å². The standard InChI is InChI=1S/C26H44Si2/c1-5-9-19-27(20-10-6-2)23-15-13-17-25(23)28(21-11-7-3,22-12-8-4)26-18-14-16-24(26)27/h13-18,23,26H,5-12,19-22H2,1-4H3. The zero-order valence-corrected chi connectivity index (χ0v) is 21.1. The van der Waals surface area contributed by atoms with Crippen molar-refractivity contribution in [2.75, 3.05) is 0 Å². The Morgan fingerprint density at radius 3 is 1.18 bits per heavy atom. The van der Waals surface area contributed by atoms with E-state index in [1.165, 1.54) is 75.5 Å². The van der Waals surface area contributed by atoms with Crippen LogP contribution in [-0.2, 0) is 0 Å². The summed E-state index contributed by atoms with van der Waals surface area (Å²) < 4.78 is 0. The lowest BCUT2D eigenvalue weighted by Crippen LogP contribution is -2.57. The number of unbranched alkanes of at least 4 members (excludes halogenated alkanes) is 4. The van der Waals surface area contributed by atoms with Gasteiger partial charge in [0.1, 0.15) is 0 Å². The molecule has 0 saturated carbocycles. The van der Waals surface area contributed by atoms with Crippen molar-refractivity contribution in [1.29, 1.82) is 0 Å². The summed E-state index contributed by atoms with van der Waals surface area (Å²) in [6, 6.07) is 6.13. The molecule has 1 saturated heterocycles. The minimum absolute atomic E-state index is 0.855. The van der Waals surface area contributed by atoms with Gasteiger partial charge in [-0.05, 0) is 11.1 Å².